The van der Waals surface area contributed by atoms with Crippen molar-refractivity contribution in [3.63, 3.8) is 0 Å². The number of ether oxygens (including phenoxy) is 3. The molecule has 1 aliphatic carbocycles. The number of ketones is 3. The number of fused-ring (bicyclic) bond motifs is 3. The molecule has 3 fully saturated rings. The van der Waals surface area contributed by atoms with Crippen LogP contribution in [0.5, 0.6) is 0 Å². The standard InChI is InChI=1S/C55H89NO10Si/c1-35-20-15-14-16-21-36(2)46(57)32-44-26-25-37(3)52(64-44)51(60)53(61)56-27-18-17-24-45(56)54(62)65-49(41(7)30-42-22-19-23-43(31-42)63-11)33-47(58)39(5)29-40(6)50(34-48(59)38(4)28-35)66-67(12,13)55(8,9)10/h14-16,20-21,29,35,37-39,41-46,49-50,52,57H,17-19,22-28,30-34H2,1-13H3/b16-14+,20-15+,36-21+,40-29+/t35-,37-,38-,39-,41-,42?,43+,44+,45+,46+,49+,50?,52?/m1/s1. The van der Waals surface area contributed by atoms with Crippen molar-refractivity contribution >= 4 is 37.5 Å². The fraction of sp³-hybridized carbons (Fsp3) is 0.764. The van der Waals surface area contributed by atoms with E-state index in [4.69, 9.17) is 18.6 Å². The Morgan fingerprint density at radius 1 is 0.851 bits per heavy atom. The molecule has 4 rings (SSSR count). The summed E-state index contributed by atoms with van der Waals surface area (Å²) < 4.78 is 25.5. The first kappa shape index (κ1) is 56.6. The van der Waals surface area contributed by atoms with E-state index < -0.39 is 68.5 Å². The Hall–Kier alpha value is -3.03. The molecule has 0 aromatic carbocycles. The summed E-state index contributed by atoms with van der Waals surface area (Å²) in [5.74, 6) is -2.70. The molecule has 1 amide bonds. The van der Waals surface area contributed by atoms with Crippen molar-refractivity contribution in [2.24, 2.45) is 35.5 Å². The summed E-state index contributed by atoms with van der Waals surface area (Å²) in [6.45, 7) is 24.8. The van der Waals surface area contributed by atoms with Gasteiger partial charge in [0.25, 0.3) is 5.91 Å². The van der Waals surface area contributed by atoms with E-state index in [-0.39, 0.29) is 72.2 Å². The van der Waals surface area contributed by atoms with Crippen molar-refractivity contribution in [2.45, 2.75) is 220 Å². The zero-order valence-corrected chi connectivity index (χ0v) is 44.6. The van der Waals surface area contributed by atoms with Crippen LogP contribution in [0.15, 0.2) is 47.6 Å². The molecule has 3 heterocycles. The summed E-state index contributed by atoms with van der Waals surface area (Å²) in [6.07, 6.45) is 17.1. The van der Waals surface area contributed by atoms with Gasteiger partial charge >= 0.3 is 5.97 Å². The van der Waals surface area contributed by atoms with Crippen LogP contribution in [0.4, 0.5) is 0 Å². The lowest BCUT2D eigenvalue weighted by molar-refractivity contribution is -0.170. The van der Waals surface area contributed by atoms with Gasteiger partial charge in [-0.05, 0) is 125 Å². The molecule has 0 aromatic rings. The number of cyclic esters (lactones) is 1. The summed E-state index contributed by atoms with van der Waals surface area (Å²) in [7, 11) is -0.613. The summed E-state index contributed by atoms with van der Waals surface area (Å²) in [5.41, 5.74) is 1.58. The van der Waals surface area contributed by atoms with Gasteiger partial charge in [-0.15, -0.1) is 0 Å². The largest absolute Gasteiger partial charge is 0.460 e. The van der Waals surface area contributed by atoms with Crippen LogP contribution in [-0.2, 0) is 42.6 Å². The maximum Gasteiger partial charge on any atom is 0.329 e. The quantitative estimate of drug-likeness (QED) is 0.118. The normalized spacial score (nSPS) is 36.7. The zero-order chi connectivity index (χ0) is 49.8. The van der Waals surface area contributed by atoms with Crippen LogP contribution in [0.2, 0.25) is 18.1 Å². The van der Waals surface area contributed by atoms with E-state index in [0.717, 1.165) is 43.3 Å². The van der Waals surface area contributed by atoms with Gasteiger partial charge in [-0.1, -0.05) is 105 Å². The molecular weight excluding hydrogens is 863 g/mol. The van der Waals surface area contributed by atoms with Crippen LogP contribution >= 0.6 is 0 Å². The number of Topliss-reactive ketones (excluding diaryl/α,β-unsaturated/α-hetero) is 3. The molecule has 0 aromatic heterocycles. The Morgan fingerprint density at radius 2 is 1.57 bits per heavy atom. The molecule has 67 heavy (non-hydrogen) atoms. The van der Waals surface area contributed by atoms with Crippen LogP contribution in [0, 0.1) is 35.5 Å². The Balaban J connectivity index is 1.71. The van der Waals surface area contributed by atoms with Crippen molar-refractivity contribution in [1.29, 1.82) is 0 Å². The predicted octanol–water partition coefficient (Wildman–Crippen LogP) is 10.6. The van der Waals surface area contributed by atoms with E-state index >= 15 is 0 Å². The summed E-state index contributed by atoms with van der Waals surface area (Å²) in [4.78, 5) is 72.7. The van der Waals surface area contributed by atoms with Crippen molar-refractivity contribution in [3.05, 3.63) is 47.6 Å². The lowest BCUT2D eigenvalue weighted by Crippen LogP contribution is -2.55. The number of carbonyl (C=O) groups excluding carboxylic acids is 5. The molecule has 3 aliphatic heterocycles. The van der Waals surface area contributed by atoms with Gasteiger partial charge in [-0.2, -0.15) is 0 Å². The van der Waals surface area contributed by atoms with Crippen LogP contribution < -0.4 is 0 Å². The average Bonchev–Trinajstić information content (AvgIpc) is 3.27. The number of hydrogen-bond acceptors (Lipinski definition) is 10. The molecule has 0 radical (unpaired) electrons. The number of amides is 1. The predicted molar refractivity (Wildman–Crippen MR) is 268 cm³/mol. The fourth-order valence-electron chi connectivity index (χ4n) is 10.2. The molecular formula is C55H89NO10Si. The number of nitrogens with zero attached hydrogens (tertiary/aromatic N) is 1. The second-order valence-corrected chi connectivity index (χ2v) is 27.4. The maximum absolute atomic E-state index is 14.5. The zero-order valence-electron chi connectivity index (χ0n) is 43.6. The Kier molecular flexibility index (Phi) is 21.7. The van der Waals surface area contributed by atoms with Gasteiger partial charge in [-0.25, -0.2) is 4.79 Å². The smallest absolute Gasteiger partial charge is 0.329 e. The van der Waals surface area contributed by atoms with Crippen LogP contribution in [-0.4, -0.2) is 104 Å². The molecule has 3 unspecified atom stereocenters. The first-order chi connectivity index (χ1) is 31.4. The minimum absolute atomic E-state index is 0.0163. The molecule has 11 nitrogen and oxygen atoms in total. The SMILES string of the molecule is CO[C@H]1CCCC(C[C@@H](C)[C@@H]2CC(=O)[C@H](C)/C=C(\C)C(O[Si](C)(C)C(C)(C)C)CC(=O)[C@H](C)C[C@H](C)/C=C/C=C/C=C(\C)[C@@H](O)C[C@@H]3CC[C@@H](C)C(O3)C(=O)C(=O)N3CCCC[C@H]3C(=O)O2)C1. The average molecular weight is 952 g/mol. The molecule has 2 saturated heterocycles. The van der Waals surface area contributed by atoms with Gasteiger partial charge in [0.05, 0.1) is 24.4 Å². The number of aliphatic hydroxyl groups excluding tert-OH is 1. The third kappa shape index (κ3) is 16.5. The number of rotatable bonds is 6. The van der Waals surface area contributed by atoms with E-state index in [1.165, 1.54) is 4.90 Å². The number of allylic oxidation sites excluding steroid dienone is 6. The van der Waals surface area contributed by atoms with Gasteiger partial charge in [0, 0.05) is 44.8 Å². The Morgan fingerprint density at radius 3 is 2.25 bits per heavy atom. The van der Waals surface area contributed by atoms with E-state index in [9.17, 15) is 29.1 Å². The molecule has 12 heteroatoms. The lowest BCUT2D eigenvalue weighted by Gasteiger charge is -2.40. The number of esters is 1. The third-order valence-corrected chi connectivity index (χ3v) is 20.3. The topological polar surface area (TPSA) is 146 Å². The summed E-state index contributed by atoms with van der Waals surface area (Å²) >= 11 is 0. The second kappa shape index (κ2) is 25.7. The highest BCUT2D eigenvalue weighted by molar-refractivity contribution is 6.74. The van der Waals surface area contributed by atoms with Gasteiger partial charge in [0.2, 0.25) is 5.78 Å². The molecule has 378 valence electrons. The number of hydrogen-bond donors (Lipinski definition) is 1. The monoisotopic (exact) mass is 952 g/mol. The van der Waals surface area contributed by atoms with Crippen molar-refractivity contribution in [2.75, 3.05) is 13.7 Å². The Bertz CT molecular complexity index is 1810. The van der Waals surface area contributed by atoms with E-state index in [1.807, 2.05) is 71.9 Å². The molecule has 4 aliphatic rings. The first-order valence-electron chi connectivity index (χ1n) is 25.8. The van der Waals surface area contributed by atoms with Crippen molar-refractivity contribution in [1.82, 2.24) is 4.90 Å². The highest BCUT2D eigenvalue weighted by atomic mass is 28.4. The van der Waals surface area contributed by atoms with E-state index in [2.05, 4.69) is 46.9 Å². The Labute approximate surface area is 405 Å². The second-order valence-electron chi connectivity index (χ2n) is 22.6. The minimum atomic E-state index is -2.36. The lowest BCUT2D eigenvalue weighted by atomic mass is 9.79. The van der Waals surface area contributed by atoms with Crippen LogP contribution in [0.1, 0.15) is 159 Å². The molecule has 1 N–H and O–H groups in total. The molecule has 2 bridgehead atoms. The molecule has 0 spiro atoms. The van der Waals surface area contributed by atoms with Gasteiger partial charge in [-0.3, -0.25) is 19.2 Å². The first-order valence-corrected chi connectivity index (χ1v) is 28.7. The van der Waals surface area contributed by atoms with E-state index in [1.54, 1.807) is 7.11 Å². The summed E-state index contributed by atoms with van der Waals surface area (Å²) in [5, 5.41) is 11.1. The summed E-state index contributed by atoms with van der Waals surface area (Å²) in [6, 6.07) is -0.971. The maximum atomic E-state index is 14.5. The number of aliphatic hydroxyl groups is 1. The highest BCUT2D eigenvalue weighted by Gasteiger charge is 2.44. The molecule has 13 atom stereocenters. The highest BCUT2D eigenvalue weighted by Crippen LogP contribution is 2.40. The van der Waals surface area contributed by atoms with E-state index in [0.29, 0.717) is 44.4 Å². The van der Waals surface area contributed by atoms with Gasteiger partial charge in [0.15, 0.2) is 8.32 Å². The third-order valence-electron chi connectivity index (χ3n) is 15.8. The fourth-order valence-corrected chi connectivity index (χ4v) is 11.5. The van der Waals surface area contributed by atoms with Crippen LogP contribution in [0.25, 0.3) is 0 Å². The number of carbonyl (C=O) groups is 5. The number of piperidine rings is 1. The molecule has 1 saturated carbocycles. The number of methoxy groups -OCH3 is 1. The van der Waals surface area contributed by atoms with Crippen molar-refractivity contribution < 1.29 is 47.7 Å². The van der Waals surface area contributed by atoms with Gasteiger partial charge < -0.3 is 28.6 Å². The minimum Gasteiger partial charge on any atom is -0.460 e. The van der Waals surface area contributed by atoms with Gasteiger partial charge in [0.1, 0.15) is 29.8 Å². The van der Waals surface area contributed by atoms with Crippen LogP contribution in [0.3, 0.4) is 0 Å². The van der Waals surface area contributed by atoms with Crippen molar-refractivity contribution in [3.8, 4) is 0 Å².